The van der Waals surface area contributed by atoms with E-state index < -0.39 is 11.7 Å². The van der Waals surface area contributed by atoms with Gasteiger partial charge in [-0.25, -0.2) is 4.39 Å². The third kappa shape index (κ3) is 3.27. The lowest BCUT2D eigenvalue weighted by atomic mass is 10.2. The molecule has 0 aliphatic rings. The molecule has 1 aromatic heterocycles. The number of anilines is 1. The Morgan fingerprint density at radius 2 is 1.91 bits per heavy atom. The molecule has 1 heterocycles. The lowest BCUT2D eigenvalue weighted by molar-refractivity contribution is 0.0997. The molecule has 0 fully saturated rings. The normalized spacial score (nSPS) is 10.6. The molecule has 5 heteroatoms. The van der Waals surface area contributed by atoms with Crippen LogP contribution in [0.15, 0.2) is 59.0 Å². The van der Waals surface area contributed by atoms with Crippen LogP contribution in [-0.2, 0) is 0 Å². The van der Waals surface area contributed by atoms with Crippen LogP contribution in [0.1, 0.15) is 16.1 Å². The number of furan rings is 1. The third-order valence-corrected chi connectivity index (χ3v) is 3.75. The topological polar surface area (TPSA) is 42.2 Å². The highest BCUT2D eigenvalue weighted by Gasteiger charge is 2.15. The Labute approximate surface area is 137 Å². The van der Waals surface area contributed by atoms with Gasteiger partial charge in [0.05, 0.1) is 5.02 Å². The predicted octanol–water partition coefficient (Wildman–Crippen LogP) is 5.30. The van der Waals surface area contributed by atoms with Crippen molar-refractivity contribution in [1.82, 2.24) is 0 Å². The zero-order valence-corrected chi connectivity index (χ0v) is 13.0. The first kappa shape index (κ1) is 15.3. The number of carbonyl (C=O) groups is 1. The molecule has 3 nitrogen and oxygen atoms in total. The Hall–Kier alpha value is -2.59. The molecular weight excluding hydrogens is 317 g/mol. The largest absolute Gasteiger partial charge is 0.451 e. The third-order valence-electron chi connectivity index (χ3n) is 3.42. The second-order valence-electron chi connectivity index (χ2n) is 5.06. The summed E-state index contributed by atoms with van der Waals surface area (Å²) >= 11 is 6.11. The summed E-state index contributed by atoms with van der Waals surface area (Å²) in [4.78, 5) is 12.2. The first-order valence-electron chi connectivity index (χ1n) is 6.97. The van der Waals surface area contributed by atoms with E-state index in [9.17, 15) is 9.18 Å². The van der Waals surface area contributed by atoms with E-state index in [0.29, 0.717) is 22.0 Å². The Morgan fingerprint density at radius 3 is 2.70 bits per heavy atom. The maximum Gasteiger partial charge on any atom is 0.291 e. The van der Waals surface area contributed by atoms with E-state index >= 15 is 0 Å². The molecule has 3 aromatic rings. The number of amides is 1. The molecule has 0 aliphatic heterocycles. The quantitative estimate of drug-likeness (QED) is 0.708. The number of hydrogen-bond donors (Lipinski definition) is 1. The van der Waals surface area contributed by atoms with E-state index in [-0.39, 0.29) is 5.76 Å². The van der Waals surface area contributed by atoms with Gasteiger partial charge in [0, 0.05) is 11.3 Å². The molecular formula is C18H13ClFNO2. The van der Waals surface area contributed by atoms with Crippen LogP contribution in [0.4, 0.5) is 10.1 Å². The zero-order chi connectivity index (χ0) is 16.4. The highest BCUT2D eigenvalue weighted by atomic mass is 35.5. The minimum atomic E-state index is -0.447. The Kier molecular flexibility index (Phi) is 4.17. The summed E-state index contributed by atoms with van der Waals surface area (Å²) in [6, 6.07) is 14.6. The summed E-state index contributed by atoms with van der Waals surface area (Å²) in [6.45, 7) is 1.78. The van der Waals surface area contributed by atoms with Crippen molar-refractivity contribution >= 4 is 23.2 Å². The van der Waals surface area contributed by atoms with E-state index in [1.165, 1.54) is 12.1 Å². The number of nitrogens with one attached hydrogen (secondary N) is 1. The summed E-state index contributed by atoms with van der Waals surface area (Å²) < 4.78 is 18.8. The fourth-order valence-electron chi connectivity index (χ4n) is 2.18. The van der Waals surface area contributed by atoms with Crippen molar-refractivity contribution in [2.75, 3.05) is 5.32 Å². The Bertz CT molecular complexity index is 873. The molecule has 0 saturated carbocycles. The summed E-state index contributed by atoms with van der Waals surface area (Å²) in [6.07, 6.45) is 0. The van der Waals surface area contributed by atoms with Crippen molar-refractivity contribution < 1.29 is 13.6 Å². The fourth-order valence-corrected chi connectivity index (χ4v) is 2.41. The molecule has 23 heavy (non-hydrogen) atoms. The molecule has 0 aliphatic carbocycles. The number of rotatable bonds is 3. The van der Waals surface area contributed by atoms with E-state index in [2.05, 4.69) is 5.32 Å². The Balaban J connectivity index is 1.84. The molecule has 2 aromatic carbocycles. The average molecular weight is 330 g/mol. The molecule has 0 bridgehead atoms. The second kappa shape index (κ2) is 6.26. The van der Waals surface area contributed by atoms with Gasteiger partial charge in [-0.15, -0.1) is 0 Å². The number of benzene rings is 2. The van der Waals surface area contributed by atoms with Crippen molar-refractivity contribution in [1.29, 1.82) is 0 Å². The molecule has 0 unspecified atom stereocenters. The van der Waals surface area contributed by atoms with Crippen molar-refractivity contribution in [3.05, 3.63) is 76.8 Å². The summed E-state index contributed by atoms with van der Waals surface area (Å²) in [5, 5.41) is 3.18. The van der Waals surface area contributed by atoms with Crippen LogP contribution in [0, 0.1) is 12.7 Å². The van der Waals surface area contributed by atoms with Gasteiger partial charge in [0.15, 0.2) is 5.76 Å². The first-order chi connectivity index (χ1) is 11.0. The smallest absolute Gasteiger partial charge is 0.291 e. The number of carbonyl (C=O) groups excluding carboxylic acids is 1. The van der Waals surface area contributed by atoms with Gasteiger partial charge in [0.1, 0.15) is 11.6 Å². The number of aryl methyl sites for hydroxylation is 1. The van der Waals surface area contributed by atoms with Gasteiger partial charge in [-0.05, 0) is 48.9 Å². The van der Waals surface area contributed by atoms with Crippen LogP contribution in [-0.4, -0.2) is 5.91 Å². The summed E-state index contributed by atoms with van der Waals surface area (Å²) in [7, 11) is 0. The van der Waals surface area contributed by atoms with Crippen molar-refractivity contribution in [3.63, 3.8) is 0 Å². The average Bonchev–Trinajstić information content (AvgIpc) is 3.01. The van der Waals surface area contributed by atoms with Crippen LogP contribution >= 0.6 is 11.6 Å². The van der Waals surface area contributed by atoms with Crippen molar-refractivity contribution in [3.8, 4) is 11.3 Å². The van der Waals surface area contributed by atoms with Gasteiger partial charge < -0.3 is 9.73 Å². The first-order valence-corrected chi connectivity index (χ1v) is 7.34. The fraction of sp³-hybridized carbons (Fsp3) is 0.0556. The molecule has 0 radical (unpaired) electrons. The van der Waals surface area contributed by atoms with E-state index in [4.69, 9.17) is 16.0 Å². The maximum absolute atomic E-state index is 13.3. The lowest BCUT2D eigenvalue weighted by Crippen LogP contribution is -2.12. The predicted molar refractivity (Wildman–Crippen MR) is 88.2 cm³/mol. The minimum absolute atomic E-state index is 0.128. The lowest BCUT2D eigenvalue weighted by Gasteiger charge is -2.07. The van der Waals surface area contributed by atoms with Crippen molar-refractivity contribution in [2.45, 2.75) is 6.92 Å². The highest BCUT2D eigenvalue weighted by Crippen LogP contribution is 2.29. The van der Waals surface area contributed by atoms with Gasteiger partial charge >= 0.3 is 0 Å². The second-order valence-corrected chi connectivity index (χ2v) is 5.46. The molecule has 1 amide bonds. The maximum atomic E-state index is 13.3. The molecule has 3 rings (SSSR count). The molecule has 116 valence electrons. The molecule has 1 N–H and O–H groups in total. The van der Waals surface area contributed by atoms with E-state index in [0.717, 1.165) is 5.56 Å². The van der Waals surface area contributed by atoms with E-state index in [1.807, 2.05) is 12.1 Å². The van der Waals surface area contributed by atoms with E-state index in [1.54, 1.807) is 37.3 Å². The van der Waals surface area contributed by atoms with Gasteiger partial charge in [0.2, 0.25) is 0 Å². The summed E-state index contributed by atoms with van der Waals surface area (Å²) in [5.74, 6) is -0.237. The van der Waals surface area contributed by atoms with Crippen LogP contribution < -0.4 is 5.32 Å². The van der Waals surface area contributed by atoms with Gasteiger partial charge in [-0.1, -0.05) is 29.8 Å². The van der Waals surface area contributed by atoms with Crippen LogP contribution in [0.25, 0.3) is 11.3 Å². The molecule has 0 atom stereocenters. The van der Waals surface area contributed by atoms with Crippen molar-refractivity contribution in [2.24, 2.45) is 0 Å². The minimum Gasteiger partial charge on any atom is -0.451 e. The number of hydrogen-bond acceptors (Lipinski definition) is 2. The monoisotopic (exact) mass is 329 g/mol. The molecule has 0 spiro atoms. The van der Waals surface area contributed by atoms with Crippen LogP contribution in [0.5, 0.6) is 0 Å². The summed E-state index contributed by atoms with van der Waals surface area (Å²) in [5.41, 5.74) is 1.87. The standard InChI is InChI=1S/C18H13ClFNO2/c1-11-6-7-12(20)10-15(11)21-18(22)17-9-8-16(23-17)13-4-2-3-5-14(13)19/h2-10H,1H3,(H,21,22). The number of halogens is 2. The SMILES string of the molecule is Cc1ccc(F)cc1NC(=O)c1ccc(-c2ccccc2Cl)o1. The van der Waals surface area contributed by atoms with Gasteiger partial charge in [-0.3, -0.25) is 4.79 Å². The van der Waals surface area contributed by atoms with Gasteiger partial charge in [0.25, 0.3) is 5.91 Å². The zero-order valence-electron chi connectivity index (χ0n) is 12.3. The molecule has 0 saturated heterocycles. The van der Waals surface area contributed by atoms with Crippen LogP contribution in [0.3, 0.4) is 0 Å². The Morgan fingerprint density at radius 1 is 1.13 bits per heavy atom. The van der Waals surface area contributed by atoms with Gasteiger partial charge in [-0.2, -0.15) is 0 Å². The van der Waals surface area contributed by atoms with Crippen LogP contribution in [0.2, 0.25) is 5.02 Å². The highest BCUT2D eigenvalue weighted by molar-refractivity contribution is 6.33.